The summed E-state index contributed by atoms with van der Waals surface area (Å²) >= 11 is 0. The van der Waals surface area contributed by atoms with Crippen LogP contribution in [0, 0.1) is 0 Å². The van der Waals surface area contributed by atoms with Gasteiger partial charge in [-0.2, -0.15) is 0 Å². The van der Waals surface area contributed by atoms with Gasteiger partial charge in [0.25, 0.3) is 5.91 Å². The van der Waals surface area contributed by atoms with Crippen molar-refractivity contribution in [2.45, 2.75) is 32.3 Å². The summed E-state index contributed by atoms with van der Waals surface area (Å²) in [5, 5.41) is 9.40. The standard InChI is InChI=1S/C15H21NO3/c1-12(17)13-5-7-14(8-6-13)19-11-15(18)16-9-3-2-4-10-16/h5-8,12,17H,2-4,9-11H2,1H3/t12-/m0/s1. The molecule has 4 heteroatoms. The maximum Gasteiger partial charge on any atom is 0.260 e. The number of benzene rings is 1. The van der Waals surface area contributed by atoms with E-state index in [-0.39, 0.29) is 12.5 Å². The number of piperidine rings is 1. The molecular formula is C15H21NO3. The molecule has 0 unspecified atom stereocenters. The molecule has 4 nitrogen and oxygen atoms in total. The van der Waals surface area contributed by atoms with Crippen LogP contribution in [0.3, 0.4) is 0 Å². The van der Waals surface area contributed by atoms with Gasteiger partial charge in [0.05, 0.1) is 6.10 Å². The van der Waals surface area contributed by atoms with E-state index in [1.165, 1.54) is 6.42 Å². The highest BCUT2D eigenvalue weighted by Gasteiger charge is 2.16. The lowest BCUT2D eigenvalue weighted by atomic mass is 10.1. The molecule has 1 heterocycles. The molecule has 1 aliphatic heterocycles. The van der Waals surface area contributed by atoms with Crippen LogP contribution in [0.15, 0.2) is 24.3 Å². The minimum Gasteiger partial charge on any atom is -0.484 e. The van der Waals surface area contributed by atoms with Crippen LogP contribution >= 0.6 is 0 Å². The molecule has 1 atom stereocenters. The van der Waals surface area contributed by atoms with Gasteiger partial charge in [-0.15, -0.1) is 0 Å². The third-order valence-electron chi connectivity index (χ3n) is 3.43. The summed E-state index contributed by atoms with van der Waals surface area (Å²) in [4.78, 5) is 13.8. The van der Waals surface area contributed by atoms with E-state index >= 15 is 0 Å². The lowest BCUT2D eigenvalue weighted by Gasteiger charge is -2.26. The first kappa shape index (κ1) is 13.9. The predicted molar refractivity (Wildman–Crippen MR) is 73.0 cm³/mol. The highest BCUT2D eigenvalue weighted by Crippen LogP contribution is 2.17. The Bertz CT molecular complexity index is 408. The molecule has 19 heavy (non-hydrogen) atoms. The second-order valence-corrected chi connectivity index (χ2v) is 4.98. The van der Waals surface area contributed by atoms with Crippen molar-refractivity contribution in [3.63, 3.8) is 0 Å². The molecular weight excluding hydrogens is 242 g/mol. The molecule has 0 aromatic heterocycles. The van der Waals surface area contributed by atoms with Gasteiger partial charge in [0.2, 0.25) is 0 Å². The van der Waals surface area contributed by atoms with E-state index in [2.05, 4.69) is 0 Å². The van der Waals surface area contributed by atoms with Gasteiger partial charge in [0.15, 0.2) is 6.61 Å². The highest BCUT2D eigenvalue weighted by atomic mass is 16.5. The topological polar surface area (TPSA) is 49.8 Å². The zero-order chi connectivity index (χ0) is 13.7. The Morgan fingerprint density at radius 3 is 2.47 bits per heavy atom. The average Bonchev–Trinajstić information content (AvgIpc) is 2.46. The molecule has 104 valence electrons. The molecule has 1 amide bonds. The van der Waals surface area contributed by atoms with E-state index in [0.717, 1.165) is 31.5 Å². The number of likely N-dealkylation sites (tertiary alicyclic amines) is 1. The number of amides is 1. The lowest BCUT2D eigenvalue weighted by molar-refractivity contribution is -0.134. The molecule has 1 N–H and O–H groups in total. The monoisotopic (exact) mass is 263 g/mol. The van der Waals surface area contributed by atoms with E-state index in [9.17, 15) is 9.90 Å². The van der Waals surface area contributed by atoms with Crippen molar-refractivity contribution < 1.29 is 14.6 Å². The van der Waals surface area contributed by atoms with E-state index in [4.69, 9.17) is 4.74 Å². The van der Waals surface area contributed by atoms with Gasteiger partial charge in [0.1, 0.15) is 5.75 Å². The van der Waals surface area contributed by atoms with E-state index < -0.39 is 6.10 Å². The van der Waals surface area contributed by atoms with Crippen LogP contribution in [-0.4, -0.2) is 35.6 Å². The minimum absolute atomic E-state index is 0.0549. The lowest BCUT2D eigenvalue weighted by Crippen LogP contribution is -2.38. The second kappa shape index (κ2) is 6.57. The zero-order valence-electron chi connectivity index (χ0n) is 11.3. The fourth-order valence-electron chi connectivity index (χ4n) is 2.22. The fraction of sp³-hybridized carbons (Fsp3) is 0.533. The molecule has 0 radical (unpaired) electrons. The van der Waals surface area contributed by atoms with Crippen LogP contribution in [-0.2, 0) is 4.79 Å². The van der Waals surface area contributed by atoms with Crippen molar-refractivity contribution in [1.82, 2.24) is 4.90 Å². The minimum atomic E-state index is -0.482. The molecule has 1 aromatic carbocycles. The smallest absolute Gasteiger partial charge is 0.260 e. The third kappa shape index (κ3) is 3.96. The number of aliphatic hydroxyl groups excluding tert-OH is 1. The molecule has 1 fully saturated rings. The summed E-state index contributed by atoms with van der Waals surface area (Å²) in [7, 11) is 0. The summed E-state index contributed by atoms with van der Waals surface area (Å²) in [6, 6.07) is 7.19. The molecule has 0 bridgehead atoms. The number of aliphatic hydroxyl groups is 1. The van der Waals surface area contributed by atoms with E-state index in [0.29, 0.717) is 5.75 Å². The SMILES string of the molecule is C[C@H](O)c1ccc(OCC(=O)N2CCCCC2)cc1. The van der Waals surface area contributed by atoms with Crippen LogP contribution < -0.4 is 4.74 Å². The van der Waals surface area contributed by atoms with Gasteiger partial charge in [-0.3, -0.25) is 4.79 Å². The Morgan fingerprint density at radius 1 is 1.26 bits per heavy atom. The molecule has 0 saturated carbocycles. The number of nitrogens with zero attached hydrogens (tertiary/aromatic N) is 1. The summed E-state index contributed by atoms with van der Waals surface area (Å²) in [5.74, 6) is 0.717. The molecule has 0 aliphatic carbocycles. The van der Waals surface area contributed by atoms with Gasteiger partial charge in [0, 0.05) is 13.1 Å². The van der Waals surface area contributed by atoms with Crippen LogP contribution in [0.5, 0.6) is 5.75 Å². The molecule has 0 spiro atoms. The van der Waals surface area contributed by atoms with Gasteiger partial charge < -0.3 is 14.7 Å². The average molecular weight is 263 g/mol. The summed E-state index contributed by atoms with van der Waals surface area (Å²) in [5.41, 5.74) is 0.842. The highest BCUT2D eigenvalue weighted by molar-refractivity contribution is 5.77. The number of hydrogen-bond donors (Lipinski definition) is 1. The Kier molecular flexibility index (Phi) is 4.80. The number of hydrogen-bond acceptors (Lipinski definition) is 3. The van der Waals surface area contributed by atoms with Crippen molar-refractivity contribution in [1.29, 1.82) is 0 Å². The first-order chi connectivity index (χ1) is 9.16. The summed E-state index contributed by atoms with van der Waals surface area (Å²) in [6.07, 6.45) is 2.92. The molecule has 1 aromatic rings. The number of ether oxygens (including phenoxy) is 1. The van der Waals surface area contributed by atoms with Crippen molar-refractivity contribution >= 4 is 5.91 Å². The molecule has 1 saturated heterocycles. The Hall–Kier alpha value is -1.55. The molecule has 1 aliphatic rings. The van der Waals surface area contributed by atoms with Gasteiger partial charge in [-0.05, 0) is 43.9 Å². The Labute approximate surface area is 114 Å². The van der Waals surface area contributed by atoms with Gasteiger partial charge in [-0.1, -0.05) is 12.1 Å². The Morgan fingerprint density at radius 2 is 1.89 bits per heavy atom. The van der Waals surface area contributed by atoms with Crippen molar-refractivity contribution in [2.75, 3.05) is 19.7 Å². The van der Waals surface area contributed by atoms with Gasteiger partial charge >= 0.3 is 0 Å². The number of rotatable bonds is 4. The van der Waals surface area contributed by atoms with Crippen LogP contribution in [0.4, 0.5) is 0 Å². The van der Waals surface area contributed by atoms with Crippen LogP contribution in [0.1, 0.15) is 37.9 Å². The first-order valence-electron chi connectivity index (χ1n) is 6.85. The first-order valence-corrected chi connectivity index (χ1v) is 6.85. The number of carbonyl (C=O) groups is 1. The summed E-state index contributed by atoms with van der Waals surface area (Å²) in [6.45, 7) is 3.51. The number of carbonyl (C=O) groups excluding carboxylic acids is 1. The molecule has 2 rings (SSSR count). The predicted octanol–water partition coefficient (Wildman–Crippen LogP) is 2.13. The van der Waals surface area contributed by atoms with Crippen LogP contribution in [0.25, 0.3) is 0 Å². The van der Waals surface area contributed by atoms with E-state index in [1.54, 1.807) is 19.1 Å². The van der Waals surface area contributed by atoms with Crippen molar-refractivity contribution in [3.8, 4) is 5.75 Å². The van der Waals surface area contributed by atoms with Crippen LogP contribution in [0.2, 0.25) is 0 Å². The fourth-order valence-corrected chi connectivity index (χ4v) is 2.22. The summed E-state index contributed by atoms with van der Waals surface area (Å²) < 4.78 is 5.48. The third-order valence-corrected chi connectivity index (χ3v) is 3.43. The van der Waals surface area contributed by atoms with Crippen molar-refractivity contribution in [2.24, 2.45) is 0 Å². The Balaban J connectivity index is 1.82. The van der Waals surface area contributed by atoms with Gasteiger partial charge in [-0.25, -0.2) is 0 Å². The normalized spacial score (nSPS) is 17.1. The maximum atomic E-state index is 11.9. The second-order valence-electron chi connectivity index (χ2n) is 4.98. The maximum absolute atomic E-state index is 11.9. The largest absolute Gasteiger partial charge is 0.484 e. The van der Waals surface area contributed by atoms with E-state index in [1.807, 2.05) is 17.0 Å². The zero-order valence-corrected chi connectivity index (χ0v) is 11.3. The van der Waals surface area contributed by atoms with Crippen molar-refractivity contribution in [3.05, 3.63) is 29.8 Å². The quantitative estimate of drug-likeness (QED) is 0.905.